The number of carbonyl (C=O) groups excluding carboxylic acids is 1. The van der Waals surface area contributed by atoms with E-state index in [0.717, 1.165) is 23.1 Å². The van der Waals surface area contributed by atoms with E-state index in [9.17, 15) is 4.79 Å². The number of para-hydroxylation sites is 1. The van der Waals surface area contributed by atoms with Gasteiger partial charge < -0.3 is 10.1 Å². The highest BCUT2D eigenvalue weighted by Crippen LogP contribution is 2.28. The Hall–Kier alpha value is -2.56. The van der Waals surface area contributed by atoms with Crippen LogP contribution in [0.1, 0.15) is 17.2 Å². The summed E-state index contributed by atoms with van der Waals surface area (Å²) in [6.07, 6.45) is 4.08. The summed E-state index contributed by atoms with van der Waals surface area (Å²) in [7, 11) is 0. The Morgan fingerprint density at radius 2 is 2.06 bits per heavy atom. The van der Waals surface area contributed by atoms with Crippen molar-refractivity contribution >= 4 is 17.8 Å². The van der Waals surface area contributed by atoms with Gasteiger partial charge in [0.25, 0.3) is 0 Å². The lowest BCUT2D eigenvalue weighted by Gasteiger charge is -2.22. The highest BCUT2D eigenvalue weighted by Gasteiger charge is 2.21. The van der Waals surface area contributed by atoms with Crippen LogP contribution < -0.4 is 5.32 Å². The minimum absolute atomic E-state index is 0.373. The Balaban J connectivity index is 2.10. The summed E-state index contributed by atoms with van der Waals surface area (Å²) >= 11 is 0. The quantitative estimate of drug-likeness (QED) is 0.803. The van der Waals surface area contributed by atoms with Gasteiger partial charge >= 0.3 is 0 Å². The second kappa shape index (κ2) is 4.37. The van der Waals surface area contributed by atoms with Gasteiger partial charge in [-0.1, -0.05) is 18.2 Å². The number of nitrogens with one attached hydrogen (secondary N) is 1. The fourth-order valence-electron chi connectivity index (χ4n) is 1.92. The van der Waals surface area contributed by atoms with E-state index >= 15 is 0 Å². The van der Waals surface area contributed by atoms with Crippen LogP contribution in [0.15, 0.2) is 47.7 Å². The van der Waals surface area contributed by atoms with Crippen LogP contribution >= 0.6 is 0 Å². The molecule has 1 aromatic carbocycles. The van der Waals surface area contributed by atoms with Crippen LogP contribution in [0.25, 0.3) is 0 Å². The molecule has 1 atom stereocenters. The first kappa shape index (κ1) is 10.6. The van der Waals surface area contributed by atoms with Gasteiger partial charge in [0.2, 0.25) is 0 Å². The van der Waals surface area contributed by atoms with E-state index < -0.39 is 0 Å². The first-order valence-corrected chi connectivity index (χ1v) is 5.55. The van der Waals surface area contributed by atoms with Gasteiger partial charge in [0.1, 0.15) is 18.2 Å². The highest BCUT2D eigenvalue weighted by atomic mass is 16.1. The molecule has 18 heavy (non-hydrogen) atoms. The van der Waals surface area contributed by atoms with Crippen molar-refractivity contribution in [3.8, 4) is 0 Å². The molecule has 0 radical (unpaired) electrons. The Morgan fingerprint density at radius 3 is 2.83 bits per heavy atom. The van der Waals surface area contributed by atoms with Gasteiger partial charge in [-0.15, -0.1) is 0 Å². The van der Waals surface area contributed by atoms with Gasteiger partial charge in [-0.05, 0) is 12.1 Å². The topological polar surface area (TPSA) is 67.2 Å². The number of amidine groups is 1. The van der Waals surface area contributed by atoms with Crippen LogP contribution in [0.4, 0.5) is 5.69 Å². The Labute approximate surface area is 104 Å². The summed E-state index contributed by atoms with van der Waals surface area (Å²) in [4.78, 5) is 15.6. The monoisotopic (exact) mass is 238 g/mol. The molecule has 0 saturated carbocycles. The van der Waals surface area contributed by atoms with Gasteiger partial charge in [0.15, 0.2) is 0 Å². The molecule has 0 amide bonds. The summed E-state index contributed by atoms with van der Waals surface area (Å²) in [5.41, 5.74) is 2.50. The molecule has 2 heterocycles. The number of rotatable bonds is 2. The van der Waals surface area contributed by atoms with Crippen LogP contribution in [-0.4, -0.2) is 22.3 Å². The normalized spacial score (nSPS) is 17.3. The third-order valence-electron chi connectivity index (χ3n) is 2.79. The third-order valence-corrected chi connectivity index (χ3v) is 2.79. The van der Waals surface area contributed by atoms with E-state index in [0.29, 0.717) is 5.84 Å². The van der Waals surface area contributed by atoms with Crippen molar-refractivity contribution in [2.45, 2.75) is 6.04 Å². The van der Waals surface area contributed by atoms with Crippen molar-refractivity contribution in [2.24, 2.45) is 4.99 Å². The molecule has 5 heteroatoms. The van der Waals surface area contributed by atoms with Crippen molar-refractivity contribution in [3.05, 3.63) is 53.9 Å². The highest BCUT2D eigenvalue weighted by molar-refractivity contribution is 6.03. The average molecular weight is 238 g/mol. The molecule has 1 unspecified atom stereocenters. The van der Waals surface area contributed by atoms with E-state index in [2.05, 4.69) is 20.5 Å². The van der Waals surface area contributed by atoms with Crippen molar-refractivity contribution in [2.75, 3.05) is 0 Å². The molecule has 88 valence electrons. The van der Waals surface area contributed by atoms with Gasteiger partial charge in [0.05, 0.1) is 18.1 Å². The first-order chi connectivity index (χ1) is 8.88. The number of benzene rings is 1. The summed E-state index contributed by atoms with van der Waals surface area (Å²) in [5.74, 6) is 0.640. The molecule has 0 aliphatic carbocycles. The van der Waals surface area contributed by atoms with Gasteiger partial charge in [-0.2, -0.15) is 10.2 Å². The van der Waals surface area contributed by atoms with E-state index in [1.54, 1.807) is 18.5 Å². The van der Waals surface area contributed by atoms with Crippen molar-refractivity contribution in [1.82, 2.24) is 15.5 Å². The standard InChI is InChI=1S/C13H10N4O/c18-8-12-10-3-1-2-4-11(10)16-13(17-12)9-5-6-14-15-7-9/h1-8,12H,(H,16,17). The molecule has 5 nitrogen and oxygen atoms in total. The molecule has 0 bridgehead atoms. The van der Waals surface area contributed by atoms with Crippen LogP contribution in [0.5, 0.6) is 0 Å². The second-order valence-electron chi connectivity index (χ2n) is 3.91. The summed E-state index contributed by atoms with van der Waals surface area (Å²) in [6.45, 7) is 0. The largest absolute Gasteiger partial charge is 0.356 e. The molecule has 1 aliphatic heterocycles. The molecule has 0 spiro atoms. The van der Waals surface area contributed by atoms with Crippen LogP contribution in [0.3, 0.4) is 0 Å². The lowest BCUT2D eigenvalue weighted by Crippen LogP contribution is -2.33. The molecule has 2 aromatic rings. The molecular weight excluding hydrogens is 228 g/mol. The van der Waals surface area contributed by atoms with Crippen molar-refractivity contribution < 1.29 is 4.79 Å². The fourth-order valence-corrected chi connectivity index (χ4v) is 1.92. The van der Waals surface area contributed by atoms with Gasteiger partial charge in [-0.3, -0.25) is 0 Å². The molecule has 1 N–H and O–H groups in total. The van der Waals surface area contributed by atoms with E-state index in [-0.39, 0.29) is 6.04 Å². The summed E-state index contributed by atoms with van der Waals surface area (Å²) in [5, 5.41) is 10.6. The van der Waals surface area contributed by atoms with E-state index in [4.69, 9.17) is 0 Å². The van der Waals surface area contributed by atoms with Crippen LogP contribution in [-0.2, 0) is 4.79 Å². The smallest absolute Gasteiger partial charge is 0.146 e. The number of aromatic nitrogens is 2. The predicted octanol–water partition coefficient (Wildman–Crippen LogP) is 1.40. The number of fused-ring (bicyclic) bond motifs is 1. The Bertz CT molecular complexity index is 609. The maximum Gasteiger partial charge on any atom is 0.146 e. The van der Waals surface area contributed by atoms with Crippen LogP contribution in [0.2, 0.25) is 0 Å². The number of aldehydes is 1. The molecular formula is C13H10N4O. The molecule has 1 aliphatic rings. The van der Waals surface area contributed by atoms with Gasteiger partial charge in [-0.25, -0.2) is 4.99 Å². The molecule has 1 aromatic heterocycles. The van der Waals surface area contributed by atoms with Gasteiger partial charge in [0, 0.05) is 11.1 Å². The molecule has 0 saturated heterocycles. The summed E-state index contributed by atoms with van der Waals surface area (Å²) in [6, 6.07) is 9.01. The maximum absolute atomic E-state index is 11.2. The maximum atomic E-state index is 11.2. The zero-order chi connectivity index (χ0) is 12.4. The number of nitrogens with zero attached hydrogens (tertiary/aromatic N) is 3. The SMILES string of the molecule is O=CC1NC(c2ccnnc2)=Nc2ccccc21. The Morgan fingerprint density at radius 1 is 1.17 bits per heavy atom. The zero-order valence-corrected chi connectivity index (χ0v) is 9.45. The first-order valence-electron chi connectivity index (χ1n) is 5.55. The number of hydrogen-bond acceptors (Lipinski definition) is 5. The minimum atomic E-state index is -0.373. The fraction of sp³-hybridized carbons (Fsp3) is 0.0769. The van der Waals surface area contributed by atoms with E-state index in [1.807, 2.05) is 24.3 Å². The summed E-state index contributed by atoms with van der Waals surface area (Å²) < 4.78 is 0. The second-order valence-corrected chi connectivity index (χ2v) is 3.91. The average Bonchev–Trinajstić information content (AvgIpc) is 2.47. The number of aliphatic imine (C=N–C) groups is 1. The lowest BCUT2D eigenvalue weighted by molar-refractivity contribution is -0.109. The lowest BCUT2D eigenvalue weighted by atomic mass is 10.0. The zero-order valence-electron chi connectivity index (χ0n) is 9.45. The van der Waals surface area contributed by atoms with Crippen LogP contribution in [0, 0.1) is 0 Å². The number of carbonyl (C=O) groups is 1. The molecule has 0 fully saturated rings. The Kier molecular flexibility index (Phi) is 2.57. The molecule has 3 rings (SSSR count). The van der Waals surface area contributed by atoms with Crippen molar-refractivity contribution in [3.63, 3.8) is 0 Å². The van der Waals surface area contributed by atoms with E-state index in [1.165, 1.54) is 0 Å². The van der Waals surface area contributed by atoms with Crippen molar-refractivity contribution in [1.29, 1.82) is 0 Å². The minimum Gasteiger partial charge on any atom is -0.356 e. The number of hydrogen-bond donors (Lipinski definition) is 1. The predicted molar refractivity (Wildman–Crippen MR) is 66.6 cm³/mol. The third kappa shape index (κ3) is 1.75.